The molecule has 0 bridgehead atoms. The molecule has 3 aliphatic rings. The Labute approximate surface area is 347 Å². The van der Waals surface area contributed by atoms with Crippen molar-refractivity contribution in [2.24, 2.45) is 16.8 Å². The highest BCUT2D eigenvalue weighted by Crippen LogP contribution is 2.39. The number of carbonyl (C=O) groups is 4. The molecule has 2 aliphatic carbocycles. The van der Waals surface area contributed by atoms with Gasteiger partial charge in [0.05, 0.1) is 34.0 Å². The minimum Gasteiger partial charge on any atom is -0.475 e. The van der Waals surface area contributed by atoms with Crippen LogP contribution in [0.3, 0.4) is 0 Å². The SMILES string of the molecule is CC(=O)N[C@H]1CC[C@@H](C(=O)NN)C1.CC(=O)N[C@H]1CC[C@@H](c2nnc(Nc3ccc4[nH]ncc4c3Cl)s2)C1.N#CSc1ccc2c(c1Cl)C=NC2.O=C(O)C(F)(F)F. The summed E-state index contributed by atoms with van der Waals surface area (Å²) in [4.78, 5) is 46.8. The van der Waals surface area contributed by atoms with Crippen LogP contribution in [0, 0.1) is 16.6 Å². The number of nitrogens with zero attached hydrogens (tertiary/aromatic N) is 5. The van der Waals surface area contributed by atoms with Crippen molar-refractivity contribution in [3.05, 3.63) is 56.6 Å². The first-order valence-electron chi connectivity index (χ1n) is 17.4. The number of amides is 3. The quantitative estimate of drug-likeness (QED) is 0.0353. The molecule has 4 atom stereocenters. The Kier molecular flexibility index (Phi) is 16.6. The minimum atomic E-state index is -5.08. The molecule has 4 aromatic rings. The van der Waals surface area contributed by atoms with E-state index in [2.05, 4.69) is 46.8 Å². The number of aliphatic carboxylic acids is 1. The number of thiocyanates is 1. The van der Waals surface area contributed by atoms with Crippen molar-refractivity contribution < 1.29 is 37.5 Å². The van der Waals surface area contributed by atoms with Crippen LogP contribution in [0.15, 0.2) is 40.4 Å². The van der Waals surface area contributed by atoms with E-state index in [1.807, 2.05) is 29.7 Å². The zero-order valence-electron chi connectivity index (χ0n) is 30.8. The number of alkyl halides is 3. The standard InChI is InChI=1S/C16H17ClN6OS.C9H5ClN2S.C8H15N3O2.C2HF3O2/c1-8(24)19-10-3-2-9(6-10)15-22-23-16(25-15)20-13-5-4-12-11(14(13)17)7-18-21-12;10-9-7-4-12-3-6(7)1-2-8(9)13-5-11;1-5(12)10-7-3-2-6(4-7)8(13)11-9;3-2(4,5)1(6)7/h4-5,7,9-10H,2-3,6H2,1H3,(H,18,21)(H,19,24)(H,20,23);1-2,4H,3H2;6-7H,2-4,9H2,1H3,(H,10,12)(H,11,13);(H,6,7)/t9-,10+;;6-,7+;/m1.1./s1. The van der Waals surface area contributed by atoms with Crippen molar-refractivity contribution in [3.63, 3.8) is 0 Å². The van der Waals surface area contributed by atoms with Gasteiger partial charge in [-0.1, -0.05) is 40.6 Å². The van der Waals surface area contributed by atoms with E-state index < -0.39 is 12.1 Å². The maximum absolute atomic E-state index is 11.2. The molecule has 16 nitrogen and oxygen atoms in total. The highest BCUT2D eigenvalue weighted by molar-refractivity contribution is 8.03. The van der Waals surface area contributed by atoms with Gasteiger partial charge in [0.15, 0.2) is 0 Å². The largest absolute Gasteiger partial charge is 0.490 e. The second kappa shape index (κ2) is 21.1. The molecule has 2 fully saturated rings. The molecule has 8 N–H and O–H groups in total. The van der Waals surface area contributed by atoms with Gasteiger partial charge in [0.25, 0.3) is 0 Å². The van der Waals surface area contributed by atoms with Gasteiger partial charge in [0.2, 0.25) is 22.9 Å². The van der Waals surface area contributed by atoms with E-state index in [-0.39, 0.29) is 35.7 Å². The molecule has 310 valence electrons. The monoisotopic (exact) mass is 883 g/mol. The number of carbonyl (C=O) groups excluding carboxylic acids is 3. The fourth-order valence-electron chi connectivity index (χ4n) is 6.28. The average molecular weight is 885 g/mol. The van der Waals surface area contributed by atoms with E-state index >= 15 is 0 Å². The van der Waals surface area contributed by atoms with Crippen LogP contribution in [-0.2, 0) is 25.7 Å². The first kappa shape index (κ1) is 45.7. The van der Waals surface area contributed by atoms with E-state index in [1.165, 1.54) is 18.3 Å². The summed E-state index contributed by atoms with van der Waals surface area (Å²) in [5.74, 6) is 2.41. The zero-order chi connectivity index (χ0) is 42.6. The van der Waals surface area contributed by atoms with E-state index in [0.29, 0.717) is 34.1 Å². The number of H-pyrrole nitrogens is 1. The maximum Gasteiger partial charge on any atom is 0.490 e. The Bertz CT molecular complexity index is 2180. The van der Waals surface area contributed by atoms with Crippen molar-refractivity contribution in [1.82, 2.24) is 36.5 Å². The van der Waals surface area contributed by atoms with Crippen LogP contribution in [0.25, 0.3) is 10.9 Å². The number of carboxylic acid groups (broad SMARTS) is 1. The highest BCUT2D eigenvalue weighted by atomic mass is 35.5. The van der Waals surface area contributed by atoms with Crippen molar-refractivity contribution in [3.8, 4) is 5.40 Å². The predicted octanol–water partition coefficient (Wildman–Crippen LogP) is 6.34. The molecule has 0 spiro atoms. The van der Waals surface area contributed by atoms with Gasteiger partial charge in [-0.15, -0.1) is 10.2 Å². The van der Waals surface area contributed by atoms with Gasteiger partial charge in [-0.05, 0) is 74.0 Å². The van der Waals surface area contributed by atoms with Crippen LogP contribution in [0.5, 0.6) is 0 Å². The number of aromatic amines is 1. The van der Waals surface area contributed by atoms with Gasteiger partial charge in [0.1, 0.15) is 10.4 Å². The number of benzene rings is 2. The van der Waals surface area contributed by atoms with E-state index in [9.17, 15) is 27.6 Å². The third-order valence-corrected chi connectivity index (χ3v) is 11.5. The first-order valence-corrected chi connectivity index (χ1v) is 19.8. The average Bonchev–Trinajstić information content (AvgIpc) is 4.01. The number of anilines is 2. The molecule has 0 radical (unpaired) electrons. The summed E-state index contributed by atoms with van der Waals surface area (Å²) in [6.07, 6.45) is 3.65. The second-order valence-electron chi connectivity index (χ2n) is 13.1. The summed E-state index contributed by atoms with van der Waals surface area (Å²) in [6.45, 7) is 3.74. The van der Waals surface area contributed by atoms with Crippen molar-refractivity contribution in [1.29, 1.82) is 5.26 Å². The number of rotatable bonds is 7. The number of thioether (sulfide) groups is 1. The van der Waals surface area contributed by atoms with Crippen molar-refractivity contribution in [2.75, 3.05) is 5.32 Å². The molecular formula is C35H38Cl2F3N11O5S2. The summed E-state index contributed by atoms with van der Waals surface area (Å²) in [5, 5.41) is 45.9. The summed E-state index contributed by atoms with van der Waals surface area (Å²) >= 11 is 15.1. The number of hydrogen-bond donors (Lipinski definition) is 7. The molecule has 0 unspecified atom stereocenters. The van der Waals surface area contributed by atoms with Gasteiger partial charge in [-0.2, -0.15) is 23.5 Å². The maximum atomic E-state index is 11.2. The summed E-state index contributed by atoms with van der Waals surface area (Å²) in [7, 11) is 0. The molecule has 3 heterocycles. The number of nitrogens with two attached hydrogens (primary N) is 1. The predicted molar refractivity (Wildman–Crippen MR) is 214 cm³/mol. The summed E-state index contributed by atoms with van der Waals surface area (Å²) in [5.41, 5.74) is 5.89. The van der Waals surface area contributed by atoms with Gasteiger partial charge < -0.3 is 21.1 Å². The van der Waals surface area contributed by atoms with Gasteiger partial charge in [0, 0.05) is 59.8 Å². The van der Waals surface area contributed by atoms with Crippen LogP contribution < -0.4 is 27.2 Å². The first-order chi connectivity index (χ1) is 27.5. The van der Waals surface area contributed by atoms with Crippen LogP contribution in [0.1, 0.15) is 74.4 Å². The lowest BCUT2D eigenvalue weighted by atomic mass is 10.1. The number of nitrogens with one attached hydrogen (secondary N) is 5. The smallest absolute Gasteiger partial charge is 0.475 e. The summed E-state index contributed by atoms with van der Waals surface area (Å²) < 4.78 is 31.7. The third-order valence-electron chi connectivity index (χ3n) is 8.90. The lowest BCUT2D eigenvalue weighted by Gasteiger charge is -2.10. The van der Waals surface area contributed by atoms with Crippen molar-refractivity contribution in [2.45, 2.75) is 88.0 Å². The second-order valence-corrected chi connectivity index (χ2v) is 15.7. The highest BCUT2D eigenvalue weighted by Gasteiger charge is 2.38. The van der Waals surface area contributed by atoms with Gasteiger partial charge >= 0.3 is 12.1 Å². The van der Waals surface area contributed by atoms with Gasteiger partial charge in [-0.3, -0.25) is 29.9 Å². The Morgan fingerprint density at radius 2 is 1.67 bits per heavy atom. The van der Waals surface area contributed by atoms with Crippen LogP contribution in [0.2, 0.25) is 10.0 Å². The number of aromatic nitrogens is 4. The molecule has 7 rings (SSSR count). The fourth-order valence-corrected chi connectivity index (χ4v) is 8.23. The van der Waals surface area contributed by atoms with E-state index in [1.54, 1.807) is 19.3 Å². The lowest BCUT2D eigenvalue weighted by molar-refractivity contribution is -0.192. The Morgan fingerprint density at radius 3 is 2.31 bits per heavy atom. The van der Waals surface area contributed by atoms with Crippen LogP contribution in [0.4, 0.5) is 24.0 Å². The Balaban J connectivity index is 0.000000191. The number of carboxylic acids is 1. The van der Waals surface area contributed by atoms with Gasteiger partial charge in [-0.25, -0.2) is 10.6 Å². The molecule has 3 amide bonds. The number of nitriles is 1. The molecule has 0 saturated heterocycles. The topological polar surface area (TPSA) is 253 Å². The zero-order valence-corrected chi connectivity index (χ0v) is 34.0. The number of hydrogen-bond acceptors (Lipinski definition) is 13. The van der Waals surface area contributed by atoms with Crippen LogP contribution >= 0.6 is 46.3 Å². The molecule has 2 saturated carbocycles. The Morgan fingerprint density at radius 1 is 1.00 bits per heavy atom. The van der Waals surface area contributed by atoms with E-state index in [0.717, 1.165) is 81.5 Å². The number of halogens is 5. The van der Waals surface area contributed by atoms with Crippen LogP contribution in [-0.4, -0.2) is 73.7 Å². The molecule has 2 aromatic carbocycles. The number of fused-ring (bicyclic) bond motifs is 2. The fraction of sp³-hybridized carbons (Fsp3) is 0.400. The third kappa shape index (κ3) is 13.0. The lowest BCUT2D eigenvalue weighted by Crippen LogP contribution is -2.36. The molecule has 23 heteroatoms. The normalized spacial score (nSPS) is 18.9. The number of hydrazine groups is 1. The van der Waals surface area contributed by atoms with E-state index in [4.69, 9.17) is 44.2 Å². The molecular weight excluding hydrogens is 846 g/mol. The van der Waals surface area contributed by atoms with Crippen molar-refractivity contribution >= 4 is 97.9 Å². The molecule has 1 aliphatic heterocycles. The molecule has 58 heavy (non-hydrogen) atoms. The minimum absolute atomic E-state index is 0.0227. The Hall–Kier alpha value is -5.01. The summed E-state index contributed by atoms with van der Waals surface area (Å²) in [6, 6.07) is 8.03. The molecule has 2 aromatic heterocycles. The number of aliphatic imine (C=N–C) groups is 1.